The quantitative estimate of drug-likeness (QED) is 0.810. The number of likely N-dealkylation sites (N-methyl/N-ethyl adjacent to an activating group) is 1. The maximum atomic E-state index is 11.4. The van der Waals surface area contributed by atoms with Gasteiger partial charge in [0, 0.05) is 13.1 Å². The number of hydrogen-bond acceptors (Lipinski definition) is 3. The van der Waals surface area contributed by atoms with Crippen LogP contribution < -0.4 is 15.4 Å². The average molecular weight is 250 g/mol. The molecule has 1 rings (SSSR count). The third-order valence-electron chi connectivity index (χ3n) is 2.80. The monoisotopic (exact) mass is 250 g/mol. The van der Waals surface area contributed by atoms with Crippen LogP contribution in [-0.2, 0) is 4.79 Å². The van der Waals surface area contributed by atoms with Crippen molar-refractivity contribution < 1.29 is 9.53 Å². The van der Waals surface area contributed by atoms with Gasteiger partial charge in [-0.2, -0.15) is 0 Å². The summed E-state index contributed by atoms with van der Waals surface area (Å²) < 4.78 is 5.60. The van der Waals surface area contributed by atoms with E-state index in [0.29, 0.717) is 5.75 Å². The molecular formula is C14H22N2O2. The summed E-state index contributed by atoms with van der Waals surface area (Å²) in [5.74, 6) is 0.591. The molecule has 0 aliphatic carbocycles. The summed E-state index contributed by atoms with van der Waals surface area (Å²) in [6, 6.07) is 8.09. The minimum absolute atomic E-state index is 0.125. The lowest BCUT2D eigenvalue weighted by atomic mass is 10.1. The Morgan fingerprint density at radius 1 is 1.39 bits per heavy atom. The predicted octanol–water partition coefficient (Wildman–Crippen LogP) is 1.87. The molecule has 2 N–H and O–H groups in total. The Hall–Kier alpha value is -1.55. The van der Waals surface area contributed by atoms with Crippen molar-refractivity contribution in [2.75, 3.05) is 13.6 Å². The van der Waals surface area contributed by atoms with Crippen LogP contribution >= 0.6 is 0 Å². The van der Waals surface area contributed by atoms with Gasteiger partial charge in [-0.15, -0.1) is 0 Å². The van der Waals surface area contributed by atoms with Gasteiger partial charge in [0.1, 0.15) is 5.75 Å². The summed E-state index contributed by atoms with van der Waals surface area (Å²) in [4.78, 5) is 11.4. The Labute approximate surface area is 109 Å². The minimum Gasteiger partial charge on any atom is -0.481 e. The summed E-state index contributed by atoms with van der Waals surface area (Å²) in [5, 5.41) is 5.91. The van der Waals surface area contributed by atoms with Crippen LogP contribution in [0.2, 0.25) is 0 Å². The van der Waals surface area contributed by atoms with E-state index < -0.39 is 6.10 Å². The third kappa shape index (κ3) is 4.04. The van der Waals surface area contributed by atoms with Crippen LogP contribution in [0, 0.1) is 0 Å². The second-order valence-corrected chi connectivity index (χ2v) is 4.23. The predicted molar refractivity (Wildman–Crippen MR) is 72.7 cm³/mol. The summed E-state index contributed by atoms with van der Waals surface area (Å²) >= 11 is 0. The Morgan fingerprint density at radius 2 is 2.11 bits per heavy atom. The van der Waals surface area contributed by atoms with Crippen molar-refractivity contribution >= 4 is 5.91 Å². The molecule has 100 valence electrons. The number of carbonyl (C=O) groups is 1. The van der Waals surface area contributed by atoms with Gasteiger partial charge in [-0.3, -0.25) is 4.79 Å². The number of rotatable bonds is 6. The second kappa shape index (κ2) is 7.01. The lowest BCUT2D eigenvalue weighted by Crippen LogP contribution is -2.33. The first kappa shape index (κ1) is 14.5. The molecule has 1 amide bonds. The van der Waals surface area contributed by atoms with E-state index in [1.165, 1.54) is 0 Å². The Bertz CT molecular complexity index is 393. The van der Waals surface area contributed by atoms with E-state index >= 15 is 0 Å². The fourth-order valence-electron chi connectivity index (χ4n) is 1.74. The largest absolute Gasteiger partial charge is 0.481 e. The lowest BCUT2D eigenvalue weighted by molar-refractivity contribution is -0.126. The topological polar surface area (TPSA) is 50.4 Å². The third-order valence-corrected chi connectivity index (χ3v) is 2.80. The highest BCUT2D eigenvalue weighted by molar-refractivity contribution is 5.80. The van der Waals surface area contributed by atoms with Crippen LogP contribution in [0.1, 0.15) is 32.4 Å². The second-order valence-electron chi connectivity index (χ2n) is 4.23. The van der Waals surface area contributed by atoms with Crippen molar-refractivity contribution in [3.05, 3.63) is 29.8 Å². The molecule has 0 spiro atoms. The fourth-order valence-corrected chi connectivity index (χ4v) is 1.74. The lowest BCUT2D eigenvalue weighted by Gasteiger charge is -2.16. The van der Waals surface area contributed by atoms with E-state index in [0.717, 1.165) is 12.1 Å². The van der Waals surface area contributed by atoms with E-state index in [4.69, 9.17) is 4.74 Å². The van der Waals surface area contributed by atoms with Crippen LogP contribution in [0.15, 0.2) is 24.3 Å². The highest BCUT2D eigenvalue weighted by Crippen LogP contribution is 2.19. The van der Waals surface area contributed by atoms with Crippen LogP contribution in [0.5, 0.6) is 5.75 Å². The first-order chi connectivity index (χ1) is 8.58. The standard InChI is InChI=1S/C14H22N2O2/c1-5-16-10(2)12-7-6-8-13(9-12)18-11(3)14(17)15-4/h6-11,16H,5H2,1-4H3,(H,15,17). The molecule has 18 heavy (non-hydrogen) atoms. The van der Waals surface area contributed by atoms with Crippen molar-refractivity contribution in [3.63, 3.8) is 0 Å². The van der Waals surface area contributed by atoms with Crippen molar-refractivity contribution in [1.29, 1.82) is 0 Å². The van der Waals surface area contributed by atoms with Crippen molar-refractivity contribution in [3.8, 4) is 5.75 Å². The summed E-state index contributed by atoms with van der Waals surface area (Å²) in [7, 11) is 1.60. The highest BCUT2D eigenvalue weighted by Gasteiger charge is 2.13. The molecule has 1 aromatic carbocycles. The normalized spacial score (nSPS) is 13.8. The Balaban J connectivity index is 2.73. The van der Waals surface area contributed by atoms with Crippen molar-refractivity contribution in [2.45, 2.75) is 32.9 Å². The molecule has 0 saturated carbocycles. The minimum atomic E-state index is -0.486. The zero-order chi connectivity index (χ0) is 13.5. The van der Waals surface area contributed by atoms with Gasteiger partial charge in [-0.1, -0.05) is 19.1 Å². The molecule has 2 atom stereocenters. The molecule has 4 nitrogen and oxygen atoms in total. The number of amides is 1. The number of carbonyl (C=O) groups excluding carboxylic acids is 1. The molecule has 0 saturated heterocycles. The molecule has 0 aromatic heterocycles. The van der Waals surface area contributed by atoms with Crippen LogP contribution in [0.4, 0.5) is 0 Å². The maximum absolute atomic E-state index is 11.4. The molecule has 0 bridgehead atoms. The average Bonchev–Trinajstić information content (AvgIpc) is 2.38. The molecule has 0 fully saturated rings. The summed E-state index contributed by atoms with van der Waals surface area (Å²) in [6.07, 6.45) is -0.486. The molecule has 0 radical (unpaired) electrons. The first-order valence-corrected chi connectivity index (χ1v) is 6.30. The molecule has 0 heterocycles. The van der Waals surface area contributed by atoms with Gasteiger partial charge >= 0.3 is 0 Å². The Kier molecular flexibility index (Phi) is 5.65. The molecule has 0 aliphatic heterocycles. The maximum Gasteiger partial charge on any atom is 0.260 e. The number of benzene rings is 1. The molecule has 0 aliphatic rings. The fraction of sp³-hybridized carbons (Fsp3) is 0.500. The van der Waals surface area contributed by atoms with Crippen LogP contribution in [-0.4, -0.2) is 25.6 Å². The van der Waals surface area contributed by atoms with Gasteiger partial charge < -0.3 is 15.4 Å². The van der Waals surface area contributed by atoms with Crippen LogP contribution in [0.25, 0.3) is 0 Å². The zero-order valence-corrected chi connectivity index (χ0v) is 11.5. The van der Waals surface area contributed by atoms with Gasteiger partial charge in [0.05, 0.1) is 0 Å². The molecule has 1 aromatic rings. The van der Waals surface area contributed by atoms with Gasteiger partial charge in [-0.05, 0) is 38.1 Å². The van der Waals surface area contributed by atoms with E-state index in [1.807, 2.05) is 24.3 Å². The highest BCUT2D eigenvalue weighted by atomic mass is 16.5. The smallest absolute Gasteiger partial charge is 0.260 e. The van der Waals surface area contributed by atoms with E-state index in [9.17, 15) is 4.79 Å². The van der Waals surface area contributed by atoms with Gasteiger partial charge in [0.25, 0.3) is 5.91 Å². The van der Waals surface area contributed by atoms with Gasteiger partial charge in [0.2, 0.25) is 0 Å². The molecular weight excluding hydrogens is 228 g/mol. The SMILES string of the molecule is CCNC(C)c1cccc(OC(C)C(=O)NC)c1. The Morgan fingerprint density at radius 3 is 2.72 bits per heavy atom. The number of hydrogen-bond donors (Lipinski definition) is 2. The van der Waals surface area contributed by atoms with Gasteiger partial charge in [0.15, 0.2) is 6.10 Å². The van der Waals surface area contributed by atoms with E-state index in [2.05, 4.69) is 24.5 Å². The van der Waals surface area contributed by atoms with Crippen LogP contribution in [0.3, 0.4) is 0 Å². The van der Waals surface area contributed by atoms with Crippen molar-refractivity contribution in [1.82, 2.24) is 10.6 Å². The first-order valence-electron chi connectivity index (χ1n) is 6.30. The zero-order valence-electron chi connectivity index (χ0n) is 11.5. The van der Waals surface area contributed by atoms with Gasteiger partial charge in [-0.25, -0.2) is 0 Å². The molecule has 4 heteroatoms. The van der Waals surface area contributed by atoms with E-state index in [1.54, 1.807) is 14.0 Å². The van der Waals surface area contributed by atoms with Crippen molar-refractivity contribution in [2.24, 2.45) is 0 Å². The molecule has 2 unspecified atom stereocenters. The number of ether oxygens (including phenoxy) is 1. The summed E-state index contributed by atoms with van der Waals surface area (Å²) in [6.45, 7) is 6.83. The van der Waals surface area contributed by atoms with E-state index in [-0.39, 0.29) is 11.9 Å². The summed E-state index contributed by atoms with van der Waals surface area (Å²) in [5.41, 5.74) is 1.15. The number of nitrogens with one attached hydrogen (secondary N) is 2.